The third kappa shape index (κ3) is 2.51. The molecule has 0 aliphatic heterocycles. The number of hydrogen-bond donors (Lipinski definition) is 2. The van der Waals surface area contributed by atoms with Crippen molar-refractivity contribution < 1.29 is 0 Å². The summed E-state index contributed by atoms with van der Waals surface area (Å²) in [5, 5.41) is 6.56. The molecule has 4 heteroatoms. The van der Waals surface area contributed by atoms with E-state index in [1.165, 1.54) is 6.42 Å². The molecule has 0 aromatic carbocycles. The maximum absolute atomic E-state index is 4.47. The van der Waals surface area contributed by atoms with Crippen LogP contribution >= 0.6 is 0 Å². The van der Waals surface area contributed by atoms with Crippen LogP contribution in [0.1, 0.15) is 31.7 Å². The molecule has 0 radical (unpaired) electrons. The van der Waals surface area contributed by atoms with Gasteiger partial charge in [-0.1, -0.05) is 13.8 Å². The Labute approximate surface area is 103 Å². The fourth-order valence-corrected chi connectivity index (χ4v) is 2.19. The van der Waals surface area contributed by atoms with E-state index >= 15 is 0 Å². The van der Waals surface area contributed by atoms with Crippen LogP contribution in [0.15, 0.2) is 0 Å². The summed E-state index contributed by atoms with van der Waals surface area (Å²) in [4.78, 5) is 8.83. The highest BCUT2D eigenvalue weighted by Crippen LogP contribution is 2.51. The maximum Gasteiger partial charge on any atom is 0.134 e. The summed E-state index contributed by atoms with van der Waals surface area (Å²) < 4.78 is 0. The molecule has 0 spiro atoms. The minimum Gasteiger partial charge on any atom is -0.373 e. The second-order valence-corrected chi connectivity index (χ2v) is 5.61. The zero-order chi connectivity index (χ0) is 12.6. The van der Waals surface area contributed by atoms with Crippen molar-refractivity contribution in [2.24, 2.45) is 11.3 Å². The number of nitrogens with one attached hydrogen (secondary N) is 2. The Morgan fingerprint density at radius 3 is 2.35 bits per heavy atom. The Hall–Kier alpha value is -1.32. The smallest absolute Gasteiger partial charge is 0.134 e. The molecule has 0 amide bonds. The molecule has 2 rings (SSSR count). The van der Waals surface area contributed by atoms with Gasteiger partial charge in [-0.2, -0.15) is 0 Å². The van der Waals surface area contributed by atoms with Crippen molar-refractivity contribution in [3.63, 3.8) is 0 Å². The second-order valence-electron chi connectivity index (χ2n) is 5.61. The first-order valence-electron chi connectivity index (χ1n) is 6.21. The van der Waals surface area contributed by atoms with Crippen molar-refractivity contribution in [3.8, 4) is 0 Å². The van der Waals surface area contributed by atoms with Crippen LogP contribution in [0, 0.1) is 25.2 Å². The van der Waals surface area contributed by atoms with Gasteiger partial charge in [-0.25, -0.2) is 9.97 Å². The monoisotopic (exact) mass is 234 g/mol. The molecular weight excluding hydrogens is 212 g/mol. The lowest BCUT2D eigenvalue weighted by Gasteiger charge is -2.13. The largest absolute Gasteiger partial charge is 0.373 e. The quantitative estimate of drug-likeness (QED) is 0.840. The van der Waals surface area contributed by atoms with Gasteiger partial charge in [0.15, 0.2) is 0 Å². The fraction of sp³-hybridized carbons (Fsp3) is 0.692. The minimum atomic E-state index is 0.509. The van der Waals surface area contributed by atoms with Gasteiger partial charge in [0, 0.05) is 19.2 Å². The lowest BCUT2D eigenvalue weighted by molar-refractivity contribution is 0.572. The topological polar surface area (TPSA) is 49.8 Å². The van der Waals surface area contributed by atoms with E-state index < -0.39 is 0 Å². The van der Waals surface area contributed by atoms with Crippen LogP contribution in [0.5, 0.6) is 0 Å². The Bertz CT molecular complexity index is 426. The number of hydrogen-bond acceptors (Lipinski definition) is 4. The molecule has 0 bridgehead atoms. The second kappa shape index (κ2) is 4.17. The predicted octanol–water partition coefficient (Wildman–Crippen LogP) is 2.59. The molecule has 1 aliphatic carbocycles. The molecule has 1 fully saturated rings. The molecule has 17 heavy (non-hydrogen) atoms. The van der Waals surface area contributed by atoms with Crippen LogP contribution in [0.4, 0.5) is 11.6 Å². The van der Waals surface area contributed by atoms with E-state index in [2.05, 4.69) is 34.4 Å². The number of aromatic nitrogens is 2. The highest BCUT2D eigenvalue weighted by molar-refractivity contribution is 5.57. The molecule has 1 aliphatic rings. The van der Waals surface area contributed by atoms with Gasteiger partial charge in [0.2, 0.25) is 0 Å². The van der Waals surface area contributed by atoms with E-state index in [0.717, 1.165) is 35.5 Å². The molecule has 1 aromatic rings. The molecule has 1 heterocycles. The Morgan fingerprint density at radius 1 is 1.24 bits per heavy atom. The van der Waals surface area contributed by atoms with Crippen molar-refractivity contribution in [1.29, 1.82) is 0 Å². The van der Waals surface area contributed by atoms with Gasteiger partial charge in [-0.05, 0) is 31.6 Å². The van der Waals surface area contributed by atoms with Crippen LogP contribution in [0.25, 0.3) is 0 Å². The van der Waals surface area contributed by atoms with Crippen LogP contribution < -0.4 is 10.6 Å². The summed E-state index contributed by atoms with van der Waals surface area (Å²) >= 11 is 0. The van der Waals surface area contributed by atoms with Crippen molar-refractivity contribution >= 4 is 11.6 Å². The van der Waals surface area contributed by atoms with Gasteiger partial charge in [0.25, 0.3) is 0 Å². The van der Waals surface area contributed by atoms with Crippen LogP contribution in [0.3, 0.4) is 0 Å². The fourth-order valence-electron chi connectivity index (χ4n) is 2.19. The molecule has 1 atom stereocenters. The van der Waals surface area contributed by atoms with Gasteiger partial charge in [-0.3, -0.25) is 0 Å². The van der Waals surface area contributed by atoms with Gasteiger partial charge >= 0.3 is 0 Å². The zero-order valence-electron chi connectivity index (χ0n) is 11.4. The highest BCUT2D eigenvalue weighted by Gasteiger charge is 2.45. The van der Waals surface area contributed by atoms with Crippen molar-refractivity contribution in [3.05, 3.63) is 11.4 Å². The molecule has 1 aromatic heterocycles. The lowest BCUT2D eigenvalue weighted by atomic mass is 10.1. The van der Waals surface area contributed by atoms with Gasteiger partial charge in [0.05, 0.1) is 0 Å². The molecule has 94 valence electrons. The standard InChI is InChI=1S/C13H22N4/c1-8-11(14-5)16-9(2)17-12(8)15-7-10-6-13(10,3)4/h10H,6-7H2,1-5H3,(H2,14,15,16,17). The summed E-state index contributed by atoms with van der Waals surface area (Å²) in [6.45, 7) is 9.61. The Kier molecular flexibility index (Phi) is 2.98. The third-order valence-corrected chi connectivity index (χ3v) is 3.73. The van der Waals surface area contributed by atoms with E-state index in [1.54, 1.807) is 0 Å². The van der Waals surface area contributed by atoms with Crippen molar-refractivity contribution in [2.75, 3.05) is 24.2 Å². The Balaban J connectivity index is 2.08. The number of rotatable bonds is 4. The summed E-state index contributed by atoms with van der Waals surface area (Å²) in [5.74, 6) is 3.45. The maximum atomic E-state index is 4.47. The molecular formula is C13H22N4. The zero-order valence-corrected chi connectivity index (χ0v) is 11.4. The van der Waals surface area contributed by atoms with Gasteiger partial charge in [-0.15, -0.1) is 0 Å². The van der Waals surface area contributed by atoms with E-state index in [0.29, 0.717) is 5.41 Å². The molecule has 2 N–H and O–H groups in total. The normalized spacial score (nSPS) is 21.1. The molecule has 1 saturated carbocycles. The average molecular weight is 234 g/mol. The summed E-state index contributed by atoms with van der Waals surface area (Å²) in [6, 6.07) is 0. The Morgan fingerprint density at radius 2 is 1.82 bits per heavy atom. The first-order chi connectivity index (χ1) is 7.94. The highest BCUT2D eigenvalue weighted by atomic mass is 15.1. The third-order valence-electron chi connectivity index (χ3n) is 3.73. The van der Waals surface area contributed by atoms with E-state index in [1.807, 2.05) is 20.9 Å². The average Bonchev–Trinajstić information content (AvgIpc) is 2.87. The van der Waals surface area contributed by atoms with Gasteiger partial charge < -0.3 is 10.6 Å². The van der Waals surface area contributed by atoms with Crippen molar-refractivity contribution in [1.82, 2.24) is 9.97 Å². The van der Waals surface area contributed by atoms with Crippen LogP contribution in [-0.2, 0) is 0 Å². The van der Waals surface area contributed by atoms with Gasteiger partial charge in [0.1, 0.15) is 17.5 Å². The first-order valence-corrected chi connectivity index (χ1v) is 6.21. The number of aryl methyl sites for hydroxylation is 1. The van der Waals surface area contributed by atoms with Crippen molar-refractivity contribution in [2.45, 2.75) is 34.1 Å². The first kappa shape index (κ1) is 12.1. The summed E-state index contributed by atoms with van der Waals surface area (Å²) in [5.41, 5.74) is 1.60. The molecule has 4 nitrogen and oxygen atoms in total. The van der Waals surface area contributed by atoms with Crippen LogP contribution in [0.2, 0.25) is 0 Å². The lowest BCUT2D eigenvalue weighted by Crippen LogP contribution is -2.12. The molecule has 1 unspecified atom stereocenters. The van der Waals surface area contributed by atoms with Crippen LogP contribution in [-0.4, -0.2) is 23.6 Å². The van der Waals surface area contributed by atoms with E-state index in [4.69, 9.17) is 0 Å². The predicted molar refractivity (Wildman–Crippen MR) is 71.4 cm³/mol. The minimum absolute atomic E-state index is 0.509. The van der Waals surface area contributed by atoms with E-state index in [-0.39, 0.29) is 0 Å². The number of anilines is 2. The molecule has 0 saturated heterocycles. The SMILES string of the molecule is CNc1nc(C)nc(NCC2CC2(C)C)c1C. The summed E-state index contributed by atoms with van der Waals surface area (Å²) in [7, 11) is 1.89. The van der Waals surface area contributed by atoms with E-state index in [9.17, 15) is 0 Å². The summed E-state index contributed by atoms with van der Waals surface area (Å²) in [6.07, 6.45) is 1.31. The number of nitrogens with zero attached hydrogens (tertiary/aromatic N) is 2.